The summed E-state index contributed by atoms with van der Waals surface area (Å²) in [6.45, 7) is 1.22. The van der Waals surface area contributed by atoms with Crippen molar-refractivity contribution in [2.24, 2.45) is 5.16 Å². The number of nitrogen functional groups attached to an aromatic ring is 1. The van der Waals surface area contributed by atoms with Crippen LogP contribution in [0, 0.1) is 0 Å². The van der Waals surface area contributed by atoms with Gasteiger partial charge in [-0.05, 0) is 0 Å². The maximum Gasteiger partial charge on any atom is 0.352 e. The largest absolute Gasteiger partial charge is 0.477 e. The van der Waals surface area contributed by atoms with E-state index < -0.39 is 41.8 Å². The molecule has 4 heterocycles. The van der Waals surface area contributed by atoms with Crippen molar-refractivity contribution in [1.29, 1.82) is 0 Å². The van der Waals surface area contributed by atoms with E-state index in [0.29, 0.717) is 17.9 Å². The van der Waals surface area contributed by atoms with Crippen LogP contribution in [0.15, 0.2) is 16.4 Å². The Morgan fingerprint density at radius 2 is 2.15 bits per heavy atom. The molecular weight excluding hydrogens is 477 g/mol. The molecule has 1 aromatic rings. The Balaban J connectivity index is 1.52. The number of amides is 2. The average molecular weight is 501 g/mol. The number of carbonyl (C=O) groups is 3. The standard InChI is InChI=1S/C18H22FN7O5S2/c1-26(4-2-3-5-26)6-9-7-32-16-11(15(28)25(16)12(9)17(29)30)21-14(27)10(23-31-8-19)13-22-18(20)33-24-13/h11,16H,2-8H2,1H3,(H3-,20,21,22,24,27,29,30)/p+1/b23-10-/t11-,16-/m1/s1. The molecule has 0 bridgehead atoms. The van der Waals surface area contributed by atoms with Crippen molar-refractivity contribution >= 4 is 51.9 Å². The lowest BCUT2D eigenvalue weighted by Gasteiger charge is -2.49. The minimum Gasteiger partial charge on any atom is -0.477 e. The maximum absolute atomic E-state index is 12.9. The highest BCUT2D eigenvalue weighted by molar-refractivity contribution is 8.00. The lowest BCUT2D eigenvalue weighted by atomic mass is 10.0. The van der Waals surface area contributed by atoms with Crippen LogP contribution in [-0.4, -0.2) is 98.1 Å². The first-order valence-corrected chi connectivity index (χ1v) is 12.0. The Bertz CT molecular complexity index is 1040. The van der Waals surface area contributed by atoms with Gasteiger partial charge in [0.15, 0.2) is 5.13 Å². The smallest absolute Gasteiger partial charge is 0.352 e. The number of β-lactam (4-membered cyclic amide) rings is 1. The number of alkyl halides is 1. The first-order chi connectivity index (χ1) is 15.7. The molecule has 0 unspecified atom stereocenters. The molecule has 178 valence electrons. The van der Waals surface area contributed by atoms with Crippen molar-refractivity contribution in [2.45, 2.75) is 24.3 Å². The van der Waals surface area contributed by atoms with Crippen LogP contribution in [0.4, 0.5) is 9.52 Å². The fraction of sp³-hybridized carbons (Fsp3) is 0.556. The number of carboxylic acid groups (broad SMARTS) is 1. The predicted molar refractivity (Wildman–Crippen MR) is 118 cm³/mol. The number of nitrogens with zero attached hydrogens (tertiary/aromatic N) is 5. The third-order valence-electron chi connectivity index (χ3n) is 5.83. The van der Waals surface area contributed by atoms with E-state index in [1.807, 2.05) is 0 Å². The zero-order chi connectivity index (χ0) is 23.8. The number of carbonyl (C=O) groups excluding carboxylic acids is 2. The summed E-state index contributed by atoms with van der Waals surface area (Å²) in [5, 5.41) is 15.3. The third-order valence-corrected chi connectivity index (χ3v) is 7.71. The topological polar surface area (TPSA) is 160 Å². The highest BCUT2D eigenvalue weighted by Gasteiger charge is 2.55. The molecule has 0 radical (unpaired) electrons. The molecule has 3 aliphatic rings. The van der Waals surface area contributed by atoms with Crippen molar-refractivity contribution in [3.63, 3.8) is 0 Å². The van der Waals surface area contributed by atoms with Gasteiger partial charge in [0.25, 0.3) is 18.7 Å². The minimum atomic E-state index is -1.28. The number of oxime groups is 1. The Morgan fingerprint density at radius 3 is 2.76 bits per heavy atom. The molecule has 2 atom stereocenters. The molecule has 4 N–H and O–H groups in total. The Labute approximate surface area is 196 Å². The number of hydrogen-bond donors (Lipinski definition) is 3. The number of hydrogen-bond acceptors (Lipinski definition) is 10. The van der Waals surface area contributed by atoms with Crippen molar-refractivity contribution in [1.82, 2.24) is 19.6 Å². The second-order valence-electron chi connectivity index (χ2n) is 8.18. The third kappa shape index (κ3) is 4.52. The lowest BCUT2D eigenvalue weighted by molar-refractivity contribution is -0.893. The minimum absolute atomic E-state index is 0.0101. The van der Waals surface area contributed by atoms with Crippen LogP contribution in [0.5, 0.6) is 0 Å². The number of halogens is 1. The fourth-order valence-electron chi connectivity index (χ4n) is 4.34. The zero-order valence-electron chi connectivity index (χ0n) is 17.7. The van der Waals surface area contributed by atoms with Crippen molar-refractivity contribution < 1.29 is 33.2 Å². The number of fused-ring (bicyclic) bond motifs is 1. The highest BCUT2D eigenvalue weighted by Crippen LogP contribution is 2.41. The van der Waals surface area contributed by atoms with E-state index in [-0.39, 0.29) is 16.7 Å². The molecule has 4 rings (SSSR count). The summed E-state index contributed by atoms with van der Waals surface area (Å²) >= 11 is 2.20. The van der Waals surface area contributed by atoms with Crippen LogP contribution < -0.4 is 11.1 Å². The summed E-state index contributed by atoms with van der Waals surface area (Å²) in [5.41, 5.74) is 5.80. The molecule has 15 heteroatoms. The van der Waals surface area contributed by atoms with E-state index in [1.165, 1.54) is 16.7 Å². The number of quaternary nitrogens is 1. The van der Waals surface area contributed by atoms with Crippen molar-refractivity contribution in [3.05, 3.63) is 17.1 Å². The quantitative estimate of drug-likeness (QED) is 0.189. The van der Waals surface area contributed by atoms with Crippen LogP contribution in [0.25, 0.3) is 0 Å². The van der Waals surface area contributed by atoms with E-state index in [0.717, 1.165) is 41.9 Å². The number of likely N-dealkylation sites (N-methyl/N-ethyl adjacent to an activating group) is 1. The second-order valence-corrected chi connectivity index (χ2v) is 10.1. The normalized spacial score (nSPS) is 24.4. The summed E-state index contributed by atoms with van der Waals surface area (Å²) in [5.74, 6) is -2.30. The summed E-state index contributed by atoms with van der Waals surface area (Å²) in [4.78, 5) is 47.1. The van der Waals surface area contributed by atoms with Gasteiger partial charge < -0.3 is 25.5 Å². The summed E-state index contributed by atoms with van der Waals surface area (Å²) in [7, 11) is 2.09. The molecule has 1 aromatic heterocycles. The lowest BCUT2D eigenvalue weighted by Crippen LogP contribution is -2.71. The first kappa shape index (κ1) is 23.4. The number of nitrogens with two attached hydrogens (primary N) is 1. The van der Waals surface area contributed by atoms with E-state index in [9.17, 15) is 23.9 Å². The van der Waals surface area contributed by atoms with Crippen molar-refractivity contribution in [2.75, 3.05) is 45.0 Å². The predicted octanol–water partition coefficient (Wildman–Crippen LogP) is -0.253. The van der Waals surface area contributed by atoms with Crippen LogP contribution in [0.2, 0.25) is 0 Å². The molecule has 0 aromatic carbocycles. The van der Waals surface area contributed by atoms with E-state index >= 15 is 0 Å². The number of anilines is 1. The van der Waals surface area contributed by atoms with Crippen LogP contribution >= 0.6 is 23.3 Å². The molecular formula is C18H23FN7O5S2+. The Morgan fingerprint density at radius 1 is 1.42 bits per heavy atom. The summed E-state index contributed by atoms with van der Waals surface area (Å²) < 4.78 is 17.1. The number of likely N-dealkylation sites (tertiary alicyclic amines) is 1. The molecule has 12 nitrogen and oxygen atoms in total. The molecule has 33 heavy (non-hydrogen) atoms. The van der Waals surface area contributed by atoms with E-state index in [4.69, 9.17) is 5.73 Å². The highest BCUT2D eigenvalue weighted by atomic mass is 32.2. The number of nitrogens with one attached hydrogen (secondary N) is 1. The molecule has 2 amide bonds. The number of aliphatic carboxylic acids is 1. The maximum atomic E-state index is 12.9. The molecule has 0 spiro atoms. The van der Waals surface area contributed by atoms with E-state index in [1.54, 1.807) is 0 Å². The average Bonchev–Trinajstić information content (AvgIpc) is 3.40. The van der Waals surface area contributed by atoms with Crippen molar-refractivity contribution in [3.8, 4) is 0 Å². The van der Waals surface area contributed by atoms with Gasteiger partial charge in [0, 0.05) is 35.7 Å². The van der Waals surface area contributed by atoms with Gasteiger partial charge >= 0.3 is 5.97 Å². The summed E-state index contributed by atoms with van der Waals surface area (Å²) in [6.07, 6.45) is 2.18. The number of aromatic nitrogens is 2. The second kappa shape index (κ2) is 9.23. The van der Waals surface area contributed by atoms with Gasteiger partial charge in [0.2, 0.25) is 11.5 Å². The SMILES string of the molecule is C[N+]1(CC2=C(C(=O)O)N3C(=O)[C@@H](NC(=O)/C(=N\OCF)c4nsc(N)n4)[C@H]3SC2)CCCC1. The van der Waals surface area contributed by atoms with Gasteiger partial charge in [-0.3, -0.25) is 14.5 Å². The van der Waals surface area contributed by atoms with Crippen LogP contribution in [0.3, 0.4) is 0 Å². The molecule has 0 saturated carbocycles. The van der Waals surface area contributed by atoms with Gasteiger partial charge in [0.1, 0.15) is 23.7 Å². The Hall–Kier alpha value is -2.78. The van der Waals surface area contributed by atoms with Gasteiger partial charge in [-0.2, -0.15) is 9.36 Å². The number of thioether (sulfide) groups is 1. The molecule has 0 aliphatic carbocycles. The zero-order valence-corrected chi connectivity index (χ0v) is 19.3. The monoisotopic (exact) mass is 500 g/mol. The summed E-state index contributed by atoms with van der Waals surface area (Å²) in [6, 6.07) is -0.985. The van der Waals surface area contributed by atoms with Crippen LogP contribution in [0.1, 0.15) is 18.7 Å². The number of rotatable bonds is 8. The first-order valence-electron chi connectivity index (χ1n) is 10.1. The fourth-order valence-corrected chi connectivity index (χ4v) is 6.11. The van der Waals surface area contributed by atoms with Gasteiger partial charge in [-0.1, -0.05) is 5.16 Å². The molecule has 3 aliphatic heterocycles. The van der Waals surface area contributed by atoms with Gasteiger partial charge in [0.05, 0.1) is 20.1 Å². The van der Waals surface area contributed by atoms with Crippen LogP contribution in [-0.2, 0) is 19.2 Å². The Kier molecular flexibility index (Phi) is 6.54. The molecule has 2 fully saturated rings. The molecule has 2 saturated heterocycles. The van der Waals surface area contributed by atoms with Gasteiger partial charge in [-0.25, -0.2) is 9.18 Å². The number of carboxylic acids is 1. The van der Waals surface area contributed by atoms with Gasteiger partial charge in [-0.15, -0.1) is 11.8 Å². The van der Waals surface area contributed by atoms with E-state index in [2.05, 4.69) is 31.7 Å².